The van der Waals surface area contributed by atoms with E-state index in [0.29, 0.717) is 6.42 Å². The summed E-state index contributed by atoms with van der Waals surface area (Å²) in [6.07, 6.45) is 1.42. The van der Waals surface area contributed by atoms with Gasteiger partial charge in [-0.05, 0) is 25.0 Å². The summed E-state index contributed by atoms with van der Waals surface area (Å²) in [7, 11) is 0. The molecule has 1 amide bonds. The van der Waals surface area contributed by atoms with E-state index in [1.54, 1.807) is 6.20 Å². The zero-order valence-electron chi connectivity index (χ0n) is 8.90. The number of amides is 1. The van der Waals surface area contributed by atoms with E-state index in [-0.39, 0.29) is 6.04 Å². The van der Waals surface area contributed by atoms with Crippen molar-refractivity contribution < 1.29 is 9.90 Å². The van der Waals surface area contributed by atoms with Crippen molar-refractivity contribution in [3.63, 3.8) is 0 Å². The number of carbonyl (C=O) groups is 1. The number of aromatic nitrogens is 2. The van der Waals surface area contributed by atoms with Gasteiger partial charge in [-0.1, -0.05) is 12.1 Å². The molecule has 5 nitrogen and oxygen atoms in total. The maximum atomic E-state index is 10.5. The maximum absolute atomic E-state index is 10.5. The summed E-state index contributed by atoms with van der Waals surface area (Å²) >= 11 is 0. The number of hydrogen-bond acceptors (Lipinski definition) is 2. The first-order valence-electron chi connectivity index (χ1n) is 5.07. The third-order valence-corrected chi connectivity index (χ3v) is 2.47. The second-order valence-corrected chi connectivity index (χ2v) is 3.80. The van der Waals surface area contributed by atoms with Crippen LogP contribution in [0.4, 0.5) is 4.79 Å². The largest absolute Gasteiger partial charge is 0.465 e. The molecule has 0 fully saturated rings. The predicted molar refractivity (Wildman–Crippen MR) is 60.4 cm³/mol. The minimum atomic E-state index is -0.994. The van der Waals surface area contributed by atoms with Gasteiger partial charge in [-0.3, -0.25) is 5.10 Å². The lowest BCUT2D eigenvalue weighted by molar-refractivity contribution is 0.190. The van der Waals surface area contributed by atoms with Gasteiger partial charge in [0.25, 0.3) is 0 Å². The molecule has 0 aliphatic rings. The van der Waals surface area contributed by atoms with Gasteiger partial charge >= 0.3 is 6.09 Å². The highest BCUT2D eigenvalue weighted by Gasteiger charge is 2.09. The fraction of sp³-hybridized carbons (Fsp3) is 0.273. The molecule has 16 heavy (non-hydrogen) atoms. The summed E-state index contributed by atoms with van der Waals surface area (Å²) in [6.45, 7) is 1.84. The van der Waals surface area contributed by atoms with Crippen LogP contribution in [-0.2, 0) is 6.42 Å². The van der Waals surface area contributed by atoms with E-state index in [1.807, 2.05) is 25.1 Å². The number of carboxylic acid groups (broad SMARTS) is 1. The Morgan fingerprint density at radius 3 is 3.19 bits per heavy atom. The van der Waals surface area contributed by atoms with E-state index in [0.717, 1.165) is 16.5 Å². The minimum absolute atomic E-state index is 0.113. The van der Waals surface area contributed by atoms with E-state index < -0.39 is 6.09 Å². The molecule has 5 heteroatoms. The minimum Gasteiger partial charge on any atom is -0.465 e. The molecule has 0 saturated heterocycles. The number of hydrogen-bond donors (Lipinski definition) is 3. The van der Waals surface area contributed by atoms with Crippen molar-refractivity contribution >= 4 is 17.0 Å². The van der Waals surface area contributed by atoms with Crippen LogP contribution in [0.25, 0.3) is 10.9 Å². The molecule has 2 aromatic rings. The molecule has 2 rings (SSSR count). The lowest BCUT2D eigenvalue weighted by atomic mass is 10.0. The second-order valence-electron chi connectivity index (χ2n) is 3.80. The first-order chi connectivity index (χ1) is 7.66. The van der Waals surface area contributed by atoms with Gasteiger partial charge in [-0.25, -0.2) is 4.79 Å². The van der Waals surface area contributed by atoms with Crippen LogP contribution in [0.15, 0.2) is 24.4 Å². The fourth-order valence-electron chi connectivity index (χ4n) is 1.80. The molecule has 1 aromatic carbocycles. The number of nitrogens with one attached hydrogen (secondary N) is 2. The molecule has 1 heterocycles. The molecule has 0 spiro atoms. The molecule has 0 unspecified atom stereocenters. The molecular formula is C11H13N3O2. The van der Waals surface area contributed by atoms with Crippen molar-refractivity contribution in [2.45, 2.75) is 19.4 Å². The Hall–Kier alpha value is -2.04. The molecule has 1 aromatic heterocycles. The summed E-state index contributed by atoms with van der Waals surface area (Å²) in [6, 6.07) is 5.75. The molecule has 0 saturated carbocycles. The van der Waals surface area contributed by atoms with Crippen molar-refractivity contribution in [1.29, 1.82) is 0 Å². The summed E-state index contributed by atoms with van der Waals surface area (Å²) in [5.41, 5.74) is 2.06. The van der Waals surface area contributed by atoms with E-state index in [4.69, 9.17) is 5.11 Å². The van der Waals surface area contributed by atoms with Crippen molar-refractivity contribution in [3.8, 4) is 0 Å². The number of nitrogens with zero attached hydrogens (tertiary/aromatic N) is 1. The van der Waals surface area contributed by atoms with Gasteiger partial charge in [-0.2, -0.15) is 5.10 Å². The summed E-state index contributed by atoms with van der Waals surface area (Å²) < 4.78 is 0. The average Bonchev–Trinajstić information content (AvgIpc) is 2.65. The third kappa shape index (κ3) is 2.13. The van der Waals surface area contributed by atoms with Crippen LogP contribution in [-0.4, -0.2) is 27.4 Å². The Bertz CT molecular complexity index is 507. The SMILES string of the molecule is C[C@H](Cc1cccc2[nH]ncc12)NC(=O)O. The Morgan fingerprint density at radius 1 is 1.62 bits per heavy atom. The normalized spacial score (nSPS) is 12.6. The number of H-pyrrole nitrogens is 1. The van der Waals surface area contributed by atoms with E-state index in [1.165, 1.54) is 0 Å². The van der Waals surface area contributed by atoms with Crippen LogP contribution >= 0.6 is 0 Å². The monoisotopic (exact) mass is 219 g/mol. The van der Waals surface area contributed by atoms with Gasteiger partial charge in [0.15, 0.2) is 0 Å². The van der Waals surface area contributed by atoms with Crippen molar-refractivity contribution in [1.82, 2.24) is 15.5 Å². The maximum Gasteiger partial charge on any atom is 0.404 e. The van der Waals surface area contributed by atoms with Crippen molar-refractivity contribution in [2.75, 3.05) is 0 Å². The van der Waals surface area contributed by atoms with Crippen LogP contribution < -0.4 is 5.32 Å². The highest BCUT2D eigenvalue weighted by molar-refractivity contribution is 5.81. The molecule has 0 aliphatic heterocycles. The van der Waals surface area contributed by atoms with E-state index >= 15 is 0 Å². The van der Waals surface area contributed by atoms with Crippen LogP contribution in [0.2, 0.25) is 0 Å². The second kappa shape index (κ2) is 4.22. The number of rotatable bonds is 3. The molecule has 0 aliphatic carbocycles. The molecule has 1 atom stereocenters. The third-order valence-electron chi connectivity index (χ3n) is 2.47. The van der Waals surface area contributed by atoms with Crippen molar-refractivity contribution in [2.24, 2.45) is 0 Å². The van der Waals surface area contributed by atoms with Gasteiger partial charge in [0.1, 0.15) is 0 Å². The molecular weight excluding hydrogens is 206 g/mol. The lowest BCUT2D eigenvalue weighted by Crippen LogP contribution is -2.32. The molecule has 3 N–H and O–H groups in total. The first-order valence-corrected chi connectivity index (χ1v) is 5.07. The number of fused-ring (bicyclic) bond motifs is 1. The van der Waals surface area contributed by atoms with Crippen molar-refractivity contribution in [3.05, 3.63) is 30.0 Å². The average molecular weight is 219 g/mol. The van der Waals surface area contributed by atoms with Gasteiger partial charge in [-0.15, -0.1) is 0 Å². The predicted octanol–water partition coefficient (Wildman–Crippen LogP) is 1.76. The van der Waals surface area contributed by atoms with Gasteiger partial charge in [0, 0.05) is 11.4 Å². The number of aromatic amines is 1. The van der Waals surface area contributed by atoms with Crippen LogP contribution in [0.3, 0.4) is 0 Å². The van der Waals surface area contributed by atoms with Crippen LogP contribution in [0.5, 0.6) is 0 Å². The standard InChI is InChI=1S/C11H13N3O2/c1-7(13-11(15)16)5-8-3-2-4-10-9(8)6-12-14-10/h2-4,6-7,13H,5H2,1H3,(H,12,14)(H,15,16)/t7-/m1/s1. The molecule has 84 valence electrons. The van der Waals surface area contributed by atoms with E-state index in [2.05, 4.69) is 15.5 Å². The summed E-state index contributed by atoms with van der Waals surface area (Å²) in [5, 5.41) is 18.9. The quantitative estimate of drug-likeness (QED) is 0.736. The molecule has 0 radical (unpaired) electrons. The van der Waals surface area contributed by atoms with Crippen LogP contribution in [0.1, 0.15) is 12.5 Å². The summed E-state index contributed by atoms with van der Waals surface area (Å²) in [4.78, 5) is 10.5. The zero-order valence-corrected chi connectivity index (χ0v) is 8.90. The Balaban J connectivity index is 2.20. The lowest BCUT2D eigenvalue weighted by Gasteiger charge is -2.11. The van der Waals surface area contributed by atoms with Gasteiger partial charge < -0.3 is 10.4 Å². The highest BCUT2D eigenvalue weighted by Crippen LogP contribution is 2.17. The Morgan fingerprint density at radius 2 is 2.44 bits per heavy atom. The van der Waals surface area contributed by atoms with Gasteiger partial charge in [0.2, 0.25) is 0 Å². The topological polar surface area (TPSA) is 78.0 Å². The summed E-state index contributed by atoms with van der Waals surface area (Å²) in [5.74, 6) is 0. The van der Waals surface area contributed by atoms with E-state index in [9.17, 15) is 4.79 Å². The smallest absolute Gasteiger partial charge is 0.404 e. The molecule has 0 bridgehead atoms. The Labute approximate surface area is 92.5 Å². The Kier molecular flexibility index (Phi) is 2.76. The first kappa shape index (κ1) is 10.5. The fourth-order valence-corrected chi connectivity index (χ4v) is 1.80. The zero-order chi connectivity index (χ0) is 11.5. The van der Waals surface area contributed by atoms with Crippen LogP contribution in [0, 0.1) is 0 Å². The number of benzene rings is 1. The van der Waals surface area contributed by atoms with Gasteiger partial charge in [0.05, 0.1) is 11.7 Å². The highest BCUT2D eigenvalue weighted by atomic mass is 16.4.